The molecule has 0 radical (unpaired) electrons. The van der Waals surface area contributed by atoms with E-state index in [1.807, 2.05) is 61.7 Å². The first-order valence-electron chi connectivity index (χ1n) is 13.4. The number of amides is 1. The minimum absolute atomic E-state index is 0.0437. The number of H-pyrrole nitrogens is 1. The van der Waals surface area contributed by atoms with E-state index >= 15 is 0 Å². The highest BCUT2D eigenvalue weighted by Gasteiger charge is 2.46. The molecular formula is C33H34N2O4. The van der Waals surface area contributed by atoms with E-state index in [0.29, 0.717) is 30.9 Å². The van der Waals surface area contributed by atoms with Gasteiger partial charge in [-0.05, 0) is 65.8 Å². The maximum absolute atomic E-state index is 13.4. The van der Waals surface area contributed by atoms with Crippen LogP contribution in [0.5, 0.6) is 5.75 Å². The van der Waals surface area contributed by atoms with Crippen LogP contribution in [0, 0.1) is 0 Å². The number of carbonyl (C=O) groups is 2. The fourth-order valence-electron chi connectivity index (χ4n) is 5.23. The van der Waals surface area contributed by atoms with Crippen molar-refractivity contribution >= 4 is 28.4 Å². The lowest BCUT2D eigenvalue weighted by atomic mass is 9.85. The zero-order valence-corrected chi connectivity index (χ0v) is 22.8. The van der Waals surface area contributed by atoms with Crippen molar-refractivity contribution < 1.29 is 19.4 Å². The Morgan fingerprint density at radius 2 is 1.67 bits per heavy atom. The van der Waals surface area contributed by atoms with Gasteiger partial charge in [0.2, 0.25) is 0 Å². The molecule has 6 nitrogen and oxygen atoms in total. The predicted octanol–water partition coefficient (Wildman–Crippen LogP) is 6.53. The van der Waals surface area contributed by atoms with Crippen LogP contribution < -0.4 is 4.74 Å². The van der Waals surface area contributed by atoms with Crippen molar-refractivity contribution in [2.24, 2.45) is 0 Å². The average molecular weight is 523 g/mol. The van der Waals surface area contributed by atoms with E-state index in [9.17, 15) is 14.7 Å². The first-order chi connectivity index (χ1) is 18.7. The molecular weight excluding hydrogens is 488 g/mol. The number of ether oxygens (including phenoxy) is 1. The number of aromatic nitrogens is 1. The maximum atomic E-state index is 13.4. The highest BCUT2D eigenvalue weighted by Crippen LogP contribution is 2.40. The number of carbonyl (C=O) groups excluding carboxylic acids is 2. The number of para-hydroxylation sites is 1. The van der Waals surface area contributed by atoms with Gasteiger partial charge in [-0.2, -0.15) is 0 Å². The SMILES string of the molecule is CCOc1ccc(/C(O)=C2/C(=O)C(=O)N(CCc3c[nH]c4ccccc34)C2c2ccc(C(C)(C)C)cc2)cc1. The number of rotatable bonds is 7. The summed E-state index contributed by atoms with van der Waals surface area (Å²) in [5, 5.41) is 12.5. The van der Waals surface area contributed by atoms with Gasteiger partial charge in [0.05, 0.1) is 18.2 Å². The van der Waals surface area contributed by atoms with Crippen LogP contribution in [-0.4, -0.2) is 39.8 Å². The van der Waals surface area contributed by atoms with Crippen LogP contribution in [0.2, 0.25) is 0 Å². The van der Waals surface area contributed by atoms with Crippen molar-refractivity contribution in [1.29, 1.82) is 0 Å². The largest absolute Gasteiger partial charge is 0.507 e. The van der Waals surface area contributed by atoms with Gasteiger partial charge in [-0.15, -0.1) is 0 Å². The molecule has 0 spiro atoms. The first kappa shape index (κ1) is 26.3. The van der Waals surface area contributed by atoms with Crippen LogP contribution in [0.1, 0.15) is 56.0 Å². The van der Waals surface area contributed by atoms with Crippen molar-refractivity contribution in [1.82, 2.24) is 9.88 Å². The number of likely N-dealkylation sites (tertiary alicyclic amines) is 1. The number of Topliss-reactive ketones (excluding diaryl/α,β-unsaturated/α-hetero) is 1. The molecule has 1 aliphatic rings. The fraction of sp³-hybridized carbons (Fsp3) is 0.273. The van der Waals surface area contributed by atoms with E-state index in [-0.39, 0.29) is 16.7 Å². The van der Waals surface area contributed by atoms with Gasteiger partial charge in [0.15, 0.2) is 0 Å². The number of hydrogen-bond acceptors (Lipinski definition) is 4. The zero-order chi connectivity index (χ0) is 27.7. The standard InChI is InChI=1S/C33H34N2O4/c1-5-39-25-16-12-22(13-17-25)30(36)28-29(21-10-14-24(15-11-21)33(2,3)4)35(32(38)31(28)37)19-18-23-20-34-27-9-7-6-8-26(23)27/h6-17,20,29,34,36H,5,18-19H2,1-4H3/b30-28-. The summed E-state index contributed by atoms with van der Waals surface area (Å²) in [4.78, 5) is 31.7. The van der Waals surface area contributed by atoms with Crippen LogP contribution in [0.3, 0.4) is 0 Å². The third kappa shape index (κ3) is 5.07. The Morgan fingerprint density at radius 1 is 0.974 bits per heavy atom. The van der Waals surface area contributed by atoms with Crippen LogP contribution >= 0.6 is 0 Å². The lowest BCUT2D eigenvalue weighted by Gasteiger charge is -2.26. The summed E-state index contributed by atoms with van der Waals surface area (Å²) in [6, 6.07) is 22.2. The summed E-state index contributed by atoms with van der Waals surface area (Å²) in [5.74, 6) is -0.795. The average Bonchev–Trinajstić information content (AvgIpc) is 3.45. The number of ketones is 1. The third-order valence-electron chi connectivity index (χ3n) is 7.37. The molecule has 1 saturated heterocycles. The molecule has 6 heteroatoms. The predicted molar refractivity (Wildman–Crippen MR) is 154 cm³/mol. The molecule has 0 aliphatic carbocycles. The molecule has 0 bridgehead atoms. The molecule has 0 saturated carbocycles. The van der Waals surface area contributed by atoms with Crippen molar-refractivity contribution in [2.45, 2.75) is 45.6 Å². The second-order valence-electron chi connectivity index (χ2n) is 10.9. The van der Waals surface area contributed by atoms with Gasteiger partial charge in [-0.1, -0.05) is 63.2 Å². The van der Waals surface area contributed by atoms with Crippen molar-refractivity contribution in [2.75, 3.05) is 13.2 Å². The fourth-order valence-corrected chi connectivity index (χ4v) is 5.23. The molecule has 4 aromatic rings. The Bertz CT molecular complexity index is 1540. The van der Waals surface area contributed by atoms with Gasteiger partial charge in [0.25, 0.3) is 11.7 Å². The Balaban J connectivity index is 1.55. The maximum Gasteiger partial charge on any atom is 0.295 e. The van der Waals surface area contributed by atoms with Gasteiger partial charge < -0.3 is 19.7 Å². The highest BCUT2D eigenvalue weighted by molar-refractivity contribution is 6.46. The van der Waals surface area contributed by atoms with Gasteiger partial charge >= 0.3 is 0 Å². The van der Waals surface area contributed by atoms with Crippen molar-refractivity contribution in [3.05, 3.63) is 107 Å². The third-order valence-corrected chi connectivity index (χ3v) is 7.37. The Labute approximate surface area is 228 Å². The van der Waals surface area contributed by atoms with Crippen LogP contribution in [-0.2, 0) is 21.4 Å². The summed E-state index contributed by atoms with van der Waals surface area (Å²) < 4.78 is 5.52. The van der Waals surface area contributed by atoms with Crippen molar-refractivity contribution in [3.63, 3.8) is 0 Å². The van der Waals surface area contributed by atoms with E-state index in [2.05, 4.69) is 25.8 Å². The van der Waals surface area contributed by atoms with E-state index in [0.717, 1.165) is 27.6 Å². The number of nitrogens with zero attached hydrogens (tertiary/aromatic N) is 1. The van der Waals surface area contributed by atoms with E-state index in [4.69, 9.17) is 4.74 Å². The molecule has 3 aromatic carbocycles. The summed E-state index contributed by atoms with van der Waals surface area (Å²) >= 11 is 0. The molecule has 1 fully saturated rings. The Hall–Kier alpha value is -4.32. The normalized spacial score (nSPS) is 17.2. The molecule has 1 aromatic heterocycles. The van der Waals surface area contributed by atoms with Gasteiger partial charge in [-0.25, -0.2) is 0 Å². The zero-order valence-electron chi connectivity index (χ0n) is 22.8. The van der Waals surface area contributed by atoms with E-state index in [1.165, 1.54) is 0 Å². The van der Waals surface area contributed by atoms with Gasteiger partial charge in [-0.3, -0.25) is 9.59 Å². The summed E-state index contributed by atoms with van der Waals surface area (Å²) in [6.45, 7) is 9.18. The quantitative estimate of drug-likeness (QED) is 0.164. The second kappa shape index (κ2) is 10.4. The molecule has 5 rings (SSSR count). The number of aromatic amines is 1. The molecule has 1 aliphatic heterocycles. The molecule has 1 amide bonds. The number of hydrogen-bond donors (Lipinski definition) is 2. The molecule has 1 atom stereocenters. The summed E-state index contributed by atoms with van der Waals surface area (Å²) in [7, 11) is 0. The van der Waals surface area contributed by atoms with Crippen molar-refractivity contribution in [3.8, 4) is 5.75 Å². The number of aliphatic hydroxyl groups is 1. The highest BCUT2D eigenvalue weighted by atomic mass is 16.5. The molecule has 200 valence electrons. The number of benzene rings is 3. The van der Waals surface area contributed by atoms with Gasteiger partial charge in [0.1, 0.15) is 11.5 Å². The topological polar surface area (TPSA) is 82.6 Å². The first-order valence-corrected chi connectivity index (χ1v) is 13.4. The number of nitrogens with one attached hydrogen (secondary N) is 1. The van der Waals surface area contributed by atoms with Crippen LogP contribution in [0.15, 0.2) is 84.6 Å². The number of aliphatic hydroxyl groups excluding tert-OH is 1. The lowest BCUT2D eigenvalue weighted by Crippen LogP contribution is -2.31. The number of fused-ring (bicyclic) bond motifs is 1. The van der Waals surface area contributed by atoms with Crippen LogP contribution in [0.4, 0.5) is 0 Å². The summed E-state index contributed by atoms with van der Waals surface area (Å²) in [6.07, 6.45) is 2.52. The van der Waals surface area contributed by atoms with E-state index < -0.39 is 17.7 Å². The van der Waals surface area contributed by atoms with Gasteiger partial charge in [0, 0.05) is 29.2 Å². The monoisotopic (exact) mass is 522 g/mol. The lowest BCUT2D eigenvalue weighted by molar-refractivity contribution is -0.139. The summed E-state index contributed by atoms with van der Waals surface area (Å²) in [5.41, 5.74) is 4.55. The molecule has 2 heterocycles. The smallest absolute Gasteiger partial charge is 0.295 e. The molecule has 39 heavy (non-hydrogen) atoms. The minimum Gasteiger partial charge on any atom is -0.507 e. The Kier molecular flexibility index (Phi) is 7.04. The van der Waals surface area contributed by atoms with E-state index in [1.54, 1.807) is 29.2 Å². The minimum atomic E-state index is -0.698. The second-order valence-corrected chi connectivity index (χ2v) is 10.9. The van der Waals surface area contributed by atoms with Crippen LogP contribution in [0.25, 0.3) is 16.7 Å². The molecule has 2 N–H and O–H groups in total. The molecule has 1 unspecified atom stereocenters. The Morgan fingerprint density at radius 3 is 2.33 bits per heavy atom.